The third-order valence-corrected chi connectivity index (χ3v) is 36.0. The molecule has 0 aromatic carbocycles. The molecule has 44 heteroatoms. The van der Waals surface area contributed by atoms with Gasteiger partial charge in [-0.3, -0.25) is 51.4 Å². The standard InChI is InChI=1S/C34H50N6O3S2.C31H46ClN3O.C4H6N4O3S2.2C2H4N4O2S2.CH4.I3/c1-29(2)12-14-34(24(41)16-25-37-40-28(44-25)45(36,42)43)15-13-32(6)20(21(34)18-29)8-9-23-31(5)17-19-26(38-39-27(19)35)30(3,4)22(31)10-11-33(23,32)7;1-26(2)12-14-31(25(32)36)15-13-29(6)19(20(31)17-26)8-9-22-28(5)16-18-23(34-35-24(18)33)27(3,4)21(28)10-11-30(22,29)7;1-2(9)5-3-6-7-4(12-3)8-13(10)11;2*3-1-4-5-2(9-1)6-10(7)8;;1-3-2/h8,21-23H,9-18H2,1-7H3,(H3,35,38,39)(H2,36,42,43);8,20-22H,9-17H2,1-7H3,(H3,33,34,35);1H3,(H,7,8)(H,10,11)(H,5,6,9);2*(H2,3,4)(H,5,6)(H,7,8);1H4;/q;;;;;;-1/p-3/t21?,22?,23?,31-,32+,33+,34-;20?,21?,22?,28-,29+,30+,31-;;;;;/m00...../s1. The summed E-state index contributed by atoms with van der Waals surface area (Å²) in [5.74, 6) is 3.89. The van der Waals surface area contributed by atoms with Gasteiger partial charge in [0.2, 0.25) is 46.3 Å². The van der Waals surface area contributed by atoms with Crippen molar-refractivity contribution in [1.29, 1.82) is 0 Å². The molecule has 6 fully saturated rings. The van der Waals surface area contributed by atoms with Gasteiger partial charge in [-0.2, -0.15) is 10.2 Å². The van der Waals surface area contributed by atoms with Crippen LogP contribution in [-0.4, -0.2) is 113 Å². The number of allylic oxidation sites excluding steroid dienone is 4. The molecule has 0 spiro atoms. The predicted molar refractivity (Wildman–Crippen MR) is 478 cm³/mol. The number of aromatic nitrogens is 12. The largest absolute Gasteiger partial charge is 0.755 e. The molecular formula is C74H111ClI3N21O11S8-4. The van der Waals surface area contributed by atoms with Crippen molar-refractivity contribution in [3.63, 3.8) is 0 Å². The Balaban J connectivity index is 0.000000176. The fraction of sp³-hybridized carbons (Fsp3) is 0.716. The number of aromatic amines is 2. The van der Waals surface area contributed by atoms with Crippen LogP contribution < -0.4 is 60.8 Å². The molecule has 9 unspecified atom stereocenters. The van der Waals surface area contributed by atoms with Gasteiger partial charge in [0, 0.05) is 79.5 Å². The fourth-order valence-corrected chi connectivity index (χ4v) is 28.9. The summed E-state index contributed by atoms with van der Waals surface area (Å²) in [6.07, 6.45) is 24.0. The molecule has 0 saturated heterocycles. The van der Waals surface area contributed by atoms with Crippen LogP contribution in [0.3, 0.4) is 0 Å². The number of carbonyl (C=O) groups is 3. The first-order valence-corrected chi connectivity index (χ1v) is 59.7. The van der Waals surface area contributed by atoms with E-state index in [4.69, 9.17) is 39.7 Å². The number of hydrogen-bond acceptors (Lipinski definition) is 29. The SMILES string of the molecule is C.CC(=O)Nc1nnc(NS(=O)[O-])s1.CC1(C)CC[C@]2(C(=O)Cc3nnc(S(N)(=O)=O)s3)CC[C@]3(C)C(=CCC4[C@@]5(C)Cc6c(N)n[nH]c6C(C)(C)C5CC[C@]43C)C2C1.CC1(C)CC[C@]2(C(=O)Cl)CC[C@]3(C)C(=CCC4[C@@]5(C)Cc6c(N)n[nH]c6C(C)(C)C5CC[C@]43C)C2C1.I[I-]I.Nc1nnc(NS(=O)[O-])s1.Nc1nnc(NS(=O)[O-])s1. The third kappa shape index (κ3) is 18.2. The van der Waals surface area contributed by atoms with E-state index in [-0.39, 0.29) is 137 Å². The summed E-state index contributed by atoms with van der Waals surface area (Å²) in [6, 6.07) is 0. The van der Waals surface area contributed by atoms with Gasteiger partial charge in [0.05, 0.1) is 11.8 Å². The van der Waals surface area contributed by atoms with E-state index in [1.165, 1.54) is 60.7 Å². The number of nitrogen functional groups attached to an aromatic ring is 4. The third-order valence-electron chi connectivity index (χ3n) is 29.8. The maximum absolute atomic E-state index is 14.5. The van der Waals surface area contributed by atoms with E-state index in [1.54, 1.807) is 5.57 Å². The number of nitrogens with two attached hydrogens (primary N) is 5. The number of anilines is 8. The number of amides is 1. The predicted octanol–water partition coefficient (Wildman–Crippen LogP) is 11.5. The van der Waals surface area contributed by atoms with Crippen LogP contribution in [0.15, 0.2) is 27.6 Å². The summed E-state index contributed by atoms with van der Waals surface area (Å²) in [5.41, 5.74) is 31.5. The van der Waals surface area contributed by atoms with E-state index >= 15 is 0 Å². The van der Waals surface area contributed by atoms with Gasteiger partial charge in [-0.25, -0.2) is 13.6 Å². The Bertz CT molecular complexity index is 4920. The number of hydrogen-bond donors (Lipinski definition) is 11. The summed E-state index contributed by atoms with van der Waals surface area (Å²) in [7, 11) is -3.95. The minimum Gasteiger partial charge on any atom is -0.755 e. The van der Waals surface area contributed by atoms with Crippen LogP contribution in [0.2, 0.25) is 0 Å². The number of Topliss-reactive ketones (excluding diaryl/α,β-unsaturated/α-hetero) is 1. The van der Waals surface area contributed by atoms with Crippen molar-refractivity contribution < 1.29 is 62.3 Å². The summed E-state index contributed by atoms with van der Waals surface area (Å²) in [4.78, 5) is 38.1. The Kier molecular flexibility index (Phi) is 29.1. The number of nitrogens with zero attached hydrogens (tertiary/aromatic N) is 10. The van der Waals surface area contributed by atoms with Crippen molar-refractivity contribution in [3.8, 4) is 0 Å². The zero-order valence-electron chi connectivity index (χ0n) is 68.2. The van der Waals surface area contributed by atoms with E-state index in [0.717, 1.165) is 135 Å². The molecule has 6 heterocycles. The maximum atomic E-state index is 14.5. The van der Waals surface area contributed by atoms with Gasteiger partial charge >= 0.3 is 50.5 Å². The summed E-state index contributed by atoms with van der Waals surface area (Å²) >= 11 is 8.44. The van der Waals surface area contributed by atoms with Crippen LogP contribution in [0, 0.1) is 89.7 Å². The van der Waals surface area contributed by atoms with E-state index < -0.39 is 49.2 Å². The molecule has 118 heavy (non-hydrogen) atoms. The van der Waals surface area contributed by atoms with Crippen LogP contribution in [0.4, 0.5) is 42.4 Å². The van der Waals surface area contributed by atoms with Gasteiger partial charge in [-0.1, -0.05) is 173 Å². The molecule has 0 radical (unpaired) electrons. The van der Waals surface area contributed by atoms with Crippen molar-refractivity contribution in [3.05, 3.63) is 50.8 Å². The second kappa shape index (κ2) is 35.6. The van der Waals surface area contributed by atoms with Crippen molar-refractivity contribution >= 4 is 197 Å². The number of sulfonamides is 1. The summed E-state index contributed by atoms with van der Waals surface area (Å²) < 4.78 is 89.7. The van der Waals surface area contributed by atoms with Crippen LogP contribution in [0.25, 0.3) is 0 Å². The molecule has 10 aliphatic carbocycles. The molecule has 17 atom stereocenters. The van der Waals surface area contributed by atoms with Gasteiger partial charge in [-0.05, 0) is 206 Å². The molecule has 32 nitrogen and oxygen atoms in total. The van der Waals surface area contributed by atoms with Crippen LogP contribution >= 0.6 is 94.2 Å². The monoisotopic (exact) mass is 2140 g/mol. The number of ketones is 1. The molecule has 16 rings (SSSR count). The molecule has 1 amide bonds. The summed E-state index contributed by atoms with van der Waals surface area (Å²) in [6.45, 7) is 35.8. The first-order chi connectivity index (χ1) is 54.3. The van der Waals surface area contributed by atoms with Gasteiger partial charge in [0.25, 0.3) is 10.0 Å². The molecule has 6 aromatic heterocycles. The second-order valence-corrected chi connectivity index (χ2v) is 61.8. The van der Waals surface area contributed by atoms with Gasteiger partial charge < -0.3 is 41.9 Å². The molecule has 658 valence electrons. The van der Waals surface area contributed by atoms with Gasteiger partial charge in [0.1, 0.15) is 22.4 Å². The quantitative estimate of drug-likeness (QED) is 0.0235. The van der Waals surface area contributed by atoms with E-state index in [0.29, 0.717) is 53.6 Å². The Morgan fingerprint density at radius 3 is 1.32 bits per heavy atom. The van der Waals surface area contributed by atoms with E-state index in [1.807, 2.05) is 14.2 Å². The fourth-order valence-electron chi connectivity index (χ4n) is 24.2. The zero-order chi connectivity index (χ0) is 86.4. The number of nitrogens with one attached hydrogen (secondary N) is 6. The summed E-state index contributed by atoms with van der Waals surface area (Å²) in [5, 5.41) is 53.1. The number of carbonyl (C=O) groups excluding carboxylic acids is 3. The zero-order valence-corrected chi connectivity index (χ0v) is 81.9. The number of H-pyrrole nitrogens is 2. The first-order valence-electron chi connectivity index (χ1n) is 38.7. The second-order valence-electron chi connectivity index (χ2n) is 37.4. The molecule has 0 aliphatic heterocycles. The Hall–Kier alpha value is -3.73. The number of rotatable bonds is 12. The maximum Gasteiger partial charge on any atom is 0.218 e. The minimum absolute atomic E-state index is 0. The Morgan fingerprint density at radius 1 is 0.559 bits per heavy atom. The molecule has 10 aliphatic rings. The molecule has 6 aromatic rings. The van der Waals surface area contributed by atoms with Crippen molar-refractivity contribution in [2.45, 2.75) is 248 Å². The van der Waals surface area contributed by atoms with Crippen LogP contribution in [-0.2, 0) is 88.3 Å². The van der Waals surface area contributed by atoms with E-state index in [2.05, 4.69) is 213 Å². The Labute approximate surface area is 749 Å². The van der Waals surface area contributed by atoms with Gasteiger partial charge in [-0.15, -0.1) is 40.8 Å². The number of halogens is 4. The van der Waals surface area contributed by atoms with Crippen LogP contribution in [0.5, 0.6) is 0 Å². The average molecular weight is 2140 g/mol. The topological polar surface area (TPSA) is 544 Å². The average Bonchev–Trinajstić information content (AvgIpc) is 1.55. The normalized spacial score (nSPS) is 33.0. The molecule has 16 N–H and O–H groups in total. The molecular weight excluding hydrogens is 2030 g/mol. The molecule has 6 saturated carbocycles. The number of fused-ring (bicyclic) bond motifs is 16. The van der Waals surface area contributed by atoms with Gasteiger partial charge in [0.15, 0.2) is 0 Å². The van der Waals surface area contributed by atoms with Crippen LogP contribution in [0.1, 0.15) is 242 Å². The van der Waals surface area contributed by atoms with Crippen molar-refractivity contribution in [2.24, 2.45) is 94.8 Å². The Morgan fingerprint density at radius 2 is 0.941 bits per heavy atom. The number of primary sulfonamides is 1. The molecule has 0 bridgehead atoms. The van der Waals surface area contributed by atoms with E-state index in [9.17, 15) is 49.1 Å². The van der Waals surface area contributed by atoms with Crippen molar-refractivity contribution in [1.82, 2.24) is 61.2 Å². The smallest absolute Gasteiger partial charge is 0.218 e. The minimum atomic E-state index is -3.95. The van der Waals surface area contributed by atoms with Crippen molar-refractivity contribution in [2.75, 3.05) is 42.4 Å². The first kappa shape index (κ1) is 96.5.